The van der Waals surface area contributed by atoms with E-state index in [2.05, 4.69) is 20.0 Å². The second-order valence-electron chi connectivity index (χ2n) is 5.61. The third-order valence-electron chi connectivity index (χ3n) is 3.65. The normalized spacial score (nSPS) is 14.2. The van der Waals surface area contributed by atoms with Crippen molar-refractivity contribution in [1.82, 2.24) is 9.97 Å². The third kappa shape index (κ3) is 4.07. The molecule has 2 aromatic rings. The first-order valence-electron chi connectivity index (χ1n) is 7.57. The van der Waals surface area contributed by atoms with Gasteiger partial charge in [-0.1, -0.05) is 23.4 Å². The van der Waals surface area contributed by atoms with Gasteiger partial charge in [0.2, 0.25) is 12.6 Å². The number of rotatable bonds is 5. The number of oxime groups is 1. The summed E-state index contributed by atoms with van der Waals surface area (Å²) < 4.78 is 50.1. The number of aliphatic hydroxyl groups is 1. The molecule has 2 heterocycles. The SMILES string of the molecule is OCc1cccc(-c2cnc(N3CC(=NOCC(F)(F)F)C3)nc2)c1F. The molecule has 3 rings (SSSR count). The zero-order valence-electron chi connectivity index (χ0n) is 13.4. The molecule has 1 aliphatic rings. The van der Waals surface area contributed by atoms with Gasteiger partial charge < -0.3 is 14.8 Å². The topological polar surface area (TPSA) is 70.8 Å². The van der Waals surface area contributed by atoms with E-state index in [1.807, 2.05) is 0 Å². The van der Waals surface area contributed by atoms with E-state index in [0.29, 0.717) is 17.2 Å². The Hall–Kier alpha value is -2.75. The predicted octanol–water partition coefficient (Wildman–Crippen LogP) is 2.53. The summed E-state index contributed by atoms with van der Waals surface area (Å²) in [4.78, 5) is 14.2. The number of benzene rings is 1. The summed E-state index contributed by atoms with van der Waals surface area (Å²) in [6.45, 7) is -1.33. The van der Waals surface area contributed by atoms with Crippen molar-refractivity contribution in [3.8, 4) is 11.1 Å². The minimum atomic E-state index is -4.42. The fourth-order valence-corrected chi connectivity index (χ4v) is 2.34. The van der Waals surface area contributed by atoms with Crippen LogP contribution < -0.4 is 4.90 Å². The summed E-state index contributed by atoms with van der Waals surface area (Å²) in [6, 6.07) is 4.66. The van der Waals surface area contributed by atoms with Crippen molar-refractivity contribution in [3.05, 3.63) is 42.0 Å². The molecule has 0 saturated carbocycles. The molecule has 1 aromatic carbocycles. The van der Waals surface area contributed by atoms with Gasteiger partial charge >= 0.3 is 6.18 Å². The van der Waals surface area contributed by atoms with Crippen LogP contribution in [0.25, 0.3) is 11.1 Å². The molecule has 0 spiro atoms. The third-order valence-corrected chi connectivity index (χ3v) is 3.65. The molecular formula is C16H14F4N4O2. The number of hydrogen-bond donors (Lipinski definition) is 1. The van der Waals surface area contributed by atoms with Crippen LogP contribution in [0.2, 0.25) is 0 Å². The quantitative estimate of drug-likeness (QED) is 0.647. The van der Waals surface area contributed by atoms with E-state index >= 15 is 0 Å². The minimum Gasteiger partial charge on any atom is -0.392 e. The monoisotopic (exact) mass is 370 g/mol. The van der Waals surface area contributed by atoms with Gasteiger partial charge in [0.15, 0.2) is 0 Å². The van der Waals surface area contributed by atoms with E-state index in [0.717, 1.165) is 0 Å². The van der Waals surface area contributed by atoms with Gasteiger partial charge in [0.1, 0.15) is 5.82 Å². The maximum Gasteiger partial charge on any atom is 0.425 e. The molecule has 6 nitrogen and oxygen atoms in total. The highest BCUT2D eigenvalue weighted by Crippen LogP contribution is 2.25. The lowest BCUT2D eigenvalue weighted by Crippen LogP contribution is -2.48. The maximum atomic E-state index is 14.2. The van der Waals surface area contributed by atoms with E-state index < -0.39 is 25.2 Å². The second kappa shape index (κ2) is 7.24. The summed E-state index contributed by atoms with van der Waals surface area (Å²) in [6.07, 6.45) is -1.54. The molecule has 26 heavy (non-hydrogen) atoms. The minimum absolute atomic E-state index is 0.175. The molecule has 1 aromatic heterocycles. The van der Waals surface area contributed by atoms with Gasteiger partial charge in [-0.15, -0.1) is 0 Å². The lowest BCUT2D eigenvalue weighted by atomic mass is 10.1. The Labute approximate surface area is 145 Å². The Morgan fingerprint density at radius 1 is 1.19 bits per heavy atom. The van der Waals surface area contributed by atoms with E-state index in [-0.39, 0.29) is 24.2 Å². The molecule has 10 heteroatoms. The molecule has 1 fully saturated rings. The van der Waals surface area contributed by atoms with Crippen molar-refractivity contribution in [1.29, 1.82) is 0 Å². The van der Waals surface area contributed by atoms with Gasteiger partial charge in [-0.3, -0.25) is 0 Å². The predicted molar refractivity (Wildman–Crippen MR) is 85.0 cm³/mol. The molecule has 0 atom stereocenters. The van der Waals surface area contributed by atoms with Gasteiger partial charge in [-0.05, 0) is 0 Å². The van der Waals surface area contributed by atoms with Crippen LogP contribution in [0.15, 0.2) is 35.7 Å². The highest BCUT2D eigenvalue weighted by molar-refractivity contribution is 5.98. The van der Waals surface area contributed by atoms with E-state index in [9.17, 15) is 17.6 Å². The van der Waals surface area contributed by atoms with Crippen molar-refractivity contribution >= 4 is 11.7 Å². The Morgan fingerprint density at radius 3 is 2.50 bits per heavy atom. The van der Waals surface area contributed by atoms with Crippen LogP contribution in [-0.2, 0) is 11.4 Å². The molecular weight excluding hydrogens is 356 g/mol. The zero-order chi connectivity index (χ0) is 18.7. The number of alkyl halides is 3. The van der Waals surface area contributed by atoms with Crippen LogP contribution in [-0.4, -0.2) is 46.7 Å². The Balaban J connectivity index is 1.62. The molecule has 0 radical (unpaired) electrons. The van der Waals surface area contributed by atoms with E-state index in [1.54, 1.807) is 17.0 Å². The summed E-state index contributed by atoms with van der Waals surface area (Å²) in [5.74, 6) is -0.186. The number of anilines is 1. The van der Waals surface area contributed by atoms with Crippen LogP contribution in [0.5, 0.6) is 0 Å². The largest absolute Gasteiger partial charge is 0.425 e. The average molecular weight is 370 g/mol. The summed E-state index contributed by atoms with van der Waals surface area (Å²) in [5, 5.41) is 12.5. The molecule has 0 bridgehead atoms. The highest BCUT2D eigenvalue weighted by atomic mass is 19.4. The van der Waals surface area contributed by atoms with Crippen LogP contribution in [0.3, 0.4) is 0 Å². The molecule has 0 unspecified atom stereocenters. The Kier molecular flexibility index (Phi) is 5.03. The van der Waals surface area contributed by atoms with Crippen LogP contribution >= 0.6 is 0 Å². The molecule has 138 valence electrons. The fourth-order valence-electron chi connectivity index (χ4n) is 2.34. The van der Waals surface area contributed by atoms with Gasteiger partial charge in [0, 0.05) is 29.1 Å². The van der Waals surface area contributed by atoms with Crippen molar-refractivity contribution in [2.24, 2.45) is 5.16 Å². The van der Waals surface area contributed by atoms with Crippen LogP contribution in [0.1, 0.15) is 5.56 Å². The zero-order valence-corrected chi connectivity index (χ0v) is 13.4. The summed E-state index contributed by atoms with van der Waals surface area (Å²) in [5.41, 5.74) is 1.34. The molecule has 0 amide bonds. The van der Waals surface area contributed by atoms with Gasteiger partial charge in [0.05, 0.1) is 25.4 Å². The first kappa shape index (κ1) is 18.1. The molecule has 1 aliphatic heterocycles. The number of halogens is 4. The molecule has 0 aliphatic carbocycles. The number of aromatic nitrogens is 2. The lowest BCUT2D eigenvalue weighted by molar-refractivity contribution is -0.173. The van der Waals surface area contributed by atoms with Crippen molar-refractivity contribution in [2.45, 2.75) is 12.8 Å². The smallest absolute Gasteiger partial charge is 0.392 e. The first-order valence-corrected chi connectivity index (χ1v) is 7.57. The van der Waals surface area contributed by atoms with Crippen LogP contribution in [0, 0.1) is 5.82 Å². The second-order valence-corrected chi connectivity index (χ2v) is 5.61. The lowest BCUT2D eigenvalue weighted by Gasteiger charge is -2.31. The molecule has 1 N–H and O–H groups in total. The van der Waals surface area contributed by atoms with Crippen molar-refractivity contribution in [2.75, 3.05) is 24.6 Å². The maximum absolute atomic E-state index is 14.2. The number of hydrogen-bond acceptors (Lipinski definition) is 6. The number of aliphatic hydroxyl groups excluding tert-OH is 1. The van der Waals surface area contributed by atoms with Gasteiger partial charge in [0.25, 0.3) is 0 Å². The Morgan fingerprint density at radius 2 is 1.88 bits per heavy atom. The standard InChI is InChI=1S/C16H14F4N4O2/c17-14-10(8-25)2-1-3-13(14)11-4-21-15(22-5-11)24-6-12(7-24)23-26-9-16(18,19)20/h1-5,25H,6-9H2. The van der Waals surface area contributed by atoms with E-state index in [1.165, 1.54) is 18.5 Å². The van der Waals surface area contributed by atoms with Crippen molar-refractivity contribution < 1.29 is 27.5 Å². The van der Waals surface area contributed by atoms with Crippen molar-refractivity contribution in [3.63, 3.8) is 0 Å². The highest BCUT2D eigenvalue weighted by Gasteiger charge is 2.30. The van der Waals surface area contributed by atoms with Gasteiger partial charge in [-0.25, -0.2) is 14.4 Å². The average Bonchev–Trinajstić information content (AvgIpc) is 2.56. The number of nitrogens with zero attached hydrogens (tertiary/aromatic N) is 4. The first-order chi connectivity index (χ1) is 12.4. The Bertz CT molecular complexity index is 801. The summed E-state index contributed by atoms with van der Waals surface area (Å²) >= 11 is 0. The summed E-state index contributed by atoms with van der Waals surface area (Å²) in [7, 11) is 0. The molecule has 1 saturated heterocycles. The van der Waals surface area contributed by atoms with Gasteiger partial charge in [-0.2, -0.15) is 13.2 Å². The van der Waals surface area contributed by atoms with E-state index in [4.69, 9.17) is 5.11 Å². The fraction of sp³-hybridized carbons (Fsp3) is 0.312. The van der Waals surface area contributed by atoms with Crippen LogP contribution in [0.4, 0.5) is 23.5 Å².